The molecular formula is C30H48O3. The summed E-state index contributed by atoms with van der Waals surface area (Å²) in [5.74, 6) is 0.827. The van der Waals surface area contributed by atoms with E-state index in [0.717, 1.165) is 27.8 Å². The summed E-state index contributed by atoms with van der Waals surface area (Å²) < 4.78 is 0. The molecule has 0 aromatic heterocycles. The Hall–Kier alpha value is -2.00. The van der Waals surface area contributed by atoms with Crippen LogP contribution in [0.3, 0.4) is 0 Å². The van der Waals surface area contributed by atoms with Gasteiger partial charge in [-0.2, -0.15) is 0 Å². The third-order valence-electron chi connectivity index (χ3n) is 5.84. The first-order chi connectivity index (χ1) is 14.6. The SMILES string of the molecule is CC(C)(C)c1cc(CO)cc(C(C)(C)C)c1O.Cc1cc(C(C)(C)C)c(O)c(C(C)(C)C)c1. The molecule has 0 bridgehead atoms. The Morgan fingerprint density at radius 1 is 0.515 bits per heavy atom. The summed E-state index contributed by atoms with van der Waals surface area (Å²) in [4.78, 5) is 0. The number of benzene rings is 2. The molecule has 0 saturated carbocycles. The van der Waals surface area contributed by atoms with Gasteiger partial charge in [0, 0.05) is 0 Å². The van der Waals surface area contributed by atoms with Crippen molar-refractivity contribution < 1.29 is 15.3 Å². The minimum atomic E-state index is -0.130. The van der Waals surface area contributed by atoms with E-state index in [9.17, 15) is 15.3 Å². The maximum atomic E-state index is 10.4. The van der Waals surface area contributed by atoms with E-state index in [2.05, 4.69) is 102 Å². The quantitative estimate of drug-likeness (QED) is 0.410. The normalized spacial score (nSPS) is 12.9. The minimum absolute atomic E-state index is 0.00639. The second-order valence-electron chi connectivity index (χ2n) is 13.4. The van der Waals surface area contributed by atoms with Crippen LogP contribution in [0.15, 0.2) is 24.3 Å². The second-order valence-corrected chi connectivity index (χ2v) is 13.4. The van der Waals surface area contributed by atoms with Crippen LogP contribution in [0.4, 0.5) is 0 Å². The molecule has 3 nitrogen and oxygen atoms in total. The van der Waals surface area contributed by atoms with Crippen molar-refractivity contribution in [1.29, 1.82) is 0 Å². The van der Waals surface area contributed by atoms with Gasteiger partial charge in [-0.15, -0.1) is 0 Å². The topological polar surface area (TPSA) is 60.7 Å². The van der Waals surface area contributed by atoms with E-state index < -0.39 is 0 Å². The van der Waals surface area contributed by atoms with Crippen molar-refractivity contribution in [3.8, 4) is 11.5 Å². The molecule has 33 heavy (non-hydrogen) atoms. The van der Waals surface area contributed by atoms with Crippen molar-refractivity contribution in [3.05, 3.63) is 57.6 Å². The van der Waals surface area contributed by atoms with Gasteiger partial charge in [-0.3, -0.25) is 0 Å². The fourth-order valence-corrected chi connectivity index (χ4v) is 3.85. The summed E-state index contributed by atoms with van der Waals surface area (Å²) in [5.41, 5.74) is 5.65. The third-order valence-corrected chi connectivity index (χ3v) is 5.84. The summed E-state index contributed by atoms with van der Waals surface area (Å²) in [6, 6.07) is 7.96. The third kappa shape index (κ3) is 7.50. The minimum Gasteiger partial charge on any atom is -0.507 e. The maximum absolute atomic E-state index is 10.4. The summed E-state index contributed by atoms with van der Waals surface area (Å²) in [7, 11) is 0. The van der Waals surface area contributed by atoms with Crippen LogP contribution in [0.5, 0.6) is 11.5 Å². The maximum Gasteiger partial charge on any atom is 0.123 e. The molecule has 2 aromatic carbocycles. The van der Waals surface area contributed by atoms with Crippen molar-refractivity contribution in [1.82, 2.24) is 0 Å². The largest absolute Gasteiger partial charge is 0.507 e. The average Bonchev–Trinajstić information content (AvgIpc) is 2.60. The zero-order valence-electron chi connectivity index (χ0n) is 23.4. The van der Waals surface area contributed by atoms with Crippen molar-refractivity contribution in [2.24, 2.45) is 0 Å². The molecule has 0 heterocycles. The lowest BCUT2D eigenvalue weighted by atomic mass is 9.78. The van der Waals surface area contributed by atoms with Crippen molar-refractivity contribution in [2.45, 2.75) is 118 Å². The lowest BCUT2D eigenvalue weighted by Crippen LogP contribution is -2.17. The fraction of sp³-hybridized carbons (Fsp3) is 0.600. The molecule has 0 atom stereocenters. The fourth-order valence-electron chi connectivity index (χ4n) is 3.85. The molecule has 0 aliphatic carbocycles. The molecule has 0 spiro atoms. The number of aryl methyl sites for hydroxylation is 1. The van der Waals surface area contributed by atoms with Crippen LogP contribution in [0.1, 0.15) is 116 Å². The molecule has 3 heteroatoms. The van der Waals surface area contributed by atoms with Gasteiger partial charge >= 0.3 is 0 Å². The van der Waals surface area contributed by atoms with Gasteiger partial charge in [-0.1, -0.05) is 101 Å². The van der Waals surface area contributed by atoms with Gasteiger partial charge in [0.15, 0.2) is 0 Å². The molecule has 0 aliphatic heterocycles. The van der Waals surface area contributed by atoms with Crippen LogP contribution < -0.4 is 0 Å². The number of hydrogen-bond donors (Lipinski definition) is 3. The van der Waals surface area contributed by atoms with E-state index in [0.29, 0.717) is 11.5 Å². The van der Waals surface area contributed by atoms with E-state index in [1.54, 1.807) is 0 Å². The summed E-state index contributed by atoms with van der Waals surface area (Å²) in [6.07, 6.45) is 0. The predicted molar refractivity (Wildman–Crippen MR) is 142 cm³/mol. The van der Waals surface area contributed by atoms with Crippen LogP contribution in [-0.2, 0) is 28.3 Å². The highest BCUT2D eigenvalue weighted by atomic mass is 16.3. The summed E-state index contributed by atoms with van der Waals surface area (Å²) in [6.45, 7) is 27.3. The molecule has 0 saturated heterocycles. The monoisotopic (exact) mass is 456 g/mol. The molecule has 0 radical (unpaired) electrons. The lowest BCUT2D eigenvalue weighted by Gasteiger charge is -2.28. The Balaban J connectivity index is 0.000000331. The summed E-state index contributed by atoms with van der Waals surface area (Å²) in [5, 5.41) is 30.1. The van der Waals surface area contributed by atoms with Crippen LogP contribution in [0, 0.1) is 6.92 Å². The number of aliphatic hydroxyl groups is 1. The van der Waals surface area contributed by atoms with E-state index >= 15 is 0 Å². The first kappa shape index (κ1) is 29.0. The van der Waals surface area contributed by atoms with Crippen molar-refractivity contribution >= 4 is 0 Å². The number of phenols is 2. The zero-order chi connectivity index (χ0) is 26.2. The van der Waals surface area contributed by atoms with Crippen molar-refractivity contribution in [2.75, 3.05) is 0 Å². The van der Waals surface area contributed by atoms with E-state index in [-0.39, 0.29) is 28.3 Å². The Kier molecular flexibility index (Phi) is 8.53. The molecule has 0 unspecified atom stereocenters. The van der Waals surface area contributed by atoms with Crippen LogP contribution in [0.25, 0.3) is 0 Å². The molecular weight excluding hydrogens is 408 g/mol. The highest BCUT2D eigenvalue weighted by Crippen LogP contribution is 2.40. The van der Waals surface area contributed by atoms with Gasteiger partial charge in [0.1, 0.15) is 11.5 Å². The van der Waals surface area contributed by atoms with Gasteiger partial charge in [-0.25, -0.2) is 0 Å². The Morgan fingerprint density at radius 2 is 0.758 bits per heavy atom. The van der Waals surface area contributed by atoms with Crippen LogP contribution in [-0.4, -0.2) is 15.3 Å². The first-order valence-electron chi connectivity index (χ1n) is 11.9. The number of hydrogen-bond acceptors (Lipinski definition) is 3. The summed E-state index contributed by atoms with van der Waals surface area (Å²) >= 11 is 0. The molecule has 186 valence electrons. The Labute approximate surface area is 202 Å². The van der Waals surface area contributed by atoms with E-state index in [1.165, 1.54) is 5.56 Å². The van der Waals surface area contributed by atoms with Gasteiger partial charge in [0.05, 0.1) is 6.61 Å². The highest BCUT2D eigenvalue weighted by molar-refractivity contribution is 5.50. The van der Waals surface area contributed by atoms with Crippen LogP contribution >= 0.6 is 0 Å². The number of aliphatic hydroxyl groups excluding tert-OH is 1. The van der Waals surface area contributed by atoms with Gasteiger partial charge in [-0.05, 0) is 68.5 Å². The molecule has 0 amide bonds. The van der Waals surface area contributed by atoms with E-state index in [1.807, 2.05) is 12.1 Å². The smallest absolute Gasteiger partial charge is 0.123 e. The van der Waals surface area contributed by atoms with E-state index in [4.69, 9.17) is 0 Å². The molecule has 0 aliphatic rings. The molecule has 2 rings (SSSR count). The van der Waals surface area contributed by atoms with Gasteiger partial charge in [0.25, 0.3) is 0 Å². The number of phenolic OH excluding ortho intramolecular Hbond substituents is 2. The van der Waals surface area contributed by atoms with Crippen molar-refractivity contribution in [3.63, 3.8) is 0 Å². The predicted octanol–water partition coefficient (Wildman–Crippen LogP) is 7.78. The second kappa shape index (κ2) is 9.70. The standard InChI is InChI=1S/C15H24O2.C15H24O/c1-14(2,3)11-7-10(9-16)8-12(13(11)17)15(4,5)6;1-10-8-11(14(2,3)4)13(16)12(9-10)15(5,6)7/h7-8,16-17H,9H2,1-6H3;8-9,16H,1-7H3. The number of aromatic hydroxyl groups is 2. The average molecular weight is 457 g/mol. The zero-order valence-corrected chi connectivity index (χ0v) is 23.4. The molecule has 3 N–H and O–H groups in total. The lowest BCUT2D eigenvalue weighted by molar-refractivity contribution is 0.281. The van der Waals surface area contributed by atoms with Gasteiger partial charge in [0.2, 0.25) is 0 Å². The first-order valence-corrected chi connectivity index (χ1v) is 11.9. The Bertz CT molecular complexity index is 886. The number of rotatable bonds is 1. The Morgan fingerprint density at radius 3 is 0.970 bits per heavy atom. The van der Waals surface area contributed by atoms with Gasteiger partial charge < -0.3 is 15.3 Å². The molecule has 2 aromatic rings. The molecule has 0 fully saturated rings. The van der Waals surface area contributed by atoms with Crippen LogP contribution in [0.2, 0.25) is 0 Å². The highest BCUT2D eigenvalue weighted by Gasteiger charge is 2.27.